The van der Waals surface area contributed by atoms with E-state index in [0.717, 1.165) is 0 Å². The number of hydrogen-bond acceptors (Lipinski definition) is 5. The van der Waals surface area contributed by atoms with Crippen molar-refractivity contribution in [2.24, 2.45) is 11.7 Å². The van der Waals surface area contributed by atoms with Gasteiger partial charge in [0.05, 0.1) is 6.04 Å². The predicted octanol–water partition coefficient (Wildman–Crippen LogP) is -1.33. The van der Waals surface area contributed by atoms with Crippen LogP contribution in [0.2, 0.25) is 0 Å². The van der Waals surface area contributed by atoms with Crippen molar-refractivity contribution in [3.8, 4) is 0 Å². The van der Waals surface area contributed by atoms with Gasteiger partial charge in [0.2, 0.25) is 17.7 Å². The van der Waals surface area contributed by atoms with Crippen LogP contribution in [0.25, 0.3) is 0 Å². The van der Waals surface area contributed by atoms with Crippen LogP contribution in [0.3, 0.4) is 0 Å². The Balaban J connectivity index is 2.64. The van der Waals surface area contributed by atoms with Gasteiger partial charge in [0.1, 0.15) is 18.6 Å². The van der Waals surface area contributed by atoms with Crippen LogP contribution in [0.1, 0.15) is 33.6 Å². The van der Waals surface area contributed by atoms with Crippen LogP contribution in [0.15, 0.2) is 0 Å². The summed E-state index contributed by atoms with van der Waals surface area (Å²) in [6.07, 6.45) is 1.19. The normalized spacial score (nSPS) is 19.7. The van der Waals surface area contributed by atoms with Crippen LogP contribution >= 0.6 is 0 Å². The summed E-state index contributed by atoms with van der Waals surface area (Å²) < 4.78 is 0. The molecule has 1 aliphatic rings. The summed E-state index contributed by atoms with van der Waals surface area (Å²) in [5.41, 5.74) is 5.88. The smallest absolute Gasteiger partial charge is 0.322 e. The molecule has 1 saturated heterocycles. The summed E-state index contributed by atoms with van der Waals surface area (Å²) in [4.78, 5) is 48.4. The minimum atomic E-state index is -1.17. The molecule has 136 valence electrons. The number of amides is 3. The highest BCUT2D eigenvalue weighted by atomic mass is 16.4. The van der Waals surface area contributed by atoms with Crippen LogP contribution in [0, 0.1) is 5.92 Å². The second-order valence-corrected chi connectivity index (χ2v) is 6.30. The maximum atomic E-state index is 12.4. The number of rotatable bonds is 7. The summed E-state index contributed by atoms with van der Waals surface area (Å²) in [6, 6.07) is -2.22. The molecule has 0 saturated carbocycles. The number of likely N-dealkylation sites (tertiary alicyclic amines) is 1. The van der Waals surface area contributed by atoms with Gasteiger partial charge >= 0.3 is 5.97 Å². The number of carbonyl (C=O) groups is 4. The Morgan fingerprint density at radius 1 is 1.25 bits per heavy atom. The first kappa shape index (κ1) is 19.9. The molecule has 0 spiro atoms. The van der Waals surface area contributed by atoms with Crippen LogP contribution in [-0.2, 0) is 19.2 Å². The Hall–Kier alpha value is -2.16. The third-order valence-corrected chi connectivity index (χ3v) is 4.01. The lowest BCUT2D eigenvalue weighted by molar-refractivity contribution is -0.141. The van der Waals surface area contributed by atoms with E-state index in [1.54, 1.807) is 0 Å². The Bertz CT molecular complexity index is 508. The van der Waals surface area contributed by atoms with E-state index in [-0.39, 0.29) is 11.8 Å². The molecule has 0 aliphatic carbocycles. The lowest BCUT2D eigenvalue weighted by Crippen LogP contribution is -2.55. The number of carboxylic acids is 1. The molecule has 0 aromatic rings. The minimum absolute atomic E-state index is 0.0393. The zero-order valence-electron chi connectivity index (χ0n) is 14.2. The number of carboxylic acid groups (broad SMARTS) is 1. The Labute approximate surface area is 140 Å². The lowest BCUT2D eigenvalue weighted by atomic mass is 10.0. The van der Waals surface area contributed by atoms with Crippen molar-refractivity contribution in [1.29, 1.82) is 0 Å². The van der Waals surface area contributed by atoms with Crippen molar-refractivity contribution < 1.29 is 24.3 Å². The molecular weight excluding hydrogens is 316 g/mol. The van der Waals surface area contributed by atoms with Crippen molar-refractivity contribution in [2.45, 2.75) is 51.7 Å². The van der Waals surface area contributed by atoms with E-state index in [2.05, 4.69) is 10.6 Å². The molecule has 1 heterocycles. The molecular formula is C15H26N4O5. The fourth-order valence-corrected chi connectivity index (χ4v) is 2.47. The van der Waals surface area contributed by atoms with Gasteiger partial charge in [0.25, 0.3) is 0 Å². The predicted molar refractivity (Wildman–Crippen MR) is 85.8 cm³/mol. The molecule has 9 nitrogen and oxygen atoms in total. The number of hydrogen-bond donors (Lipinski definition) is 4. The van der Waals surface area contributed by atoms with E-state index in [4.69, 9.17) is 10.8 Å². The Kier molecular flexibility index (Phi) is 7.15. The number of aliphatic carboxylic acids is 1. The molecule has 3 atom stereocenters. The van der Waals surface area contributed by atoms with Crippen molar-refractivity contribution in [2.75, 3.05) is 13.1 Å². The van der Waals surface area contributed by atoms with Gasteiger partial charge in [-0.3, -0.25) is 19.2 Å². The highest BCUT2D eigenvalue weighted by molar-refractivity contribution is 5.93. The third-order valence-electron chi connectivity index (χ3n) is 4.01. The van der Waals surface area contributed by atoms with Gasteiger partial charge in [-0.15, -0.1) is 0 Å². The Morgan fingerprint density at radius 2 is 1.88 bits per heavy atom. The average Bonchev–Trinajstić information content (AvgIpc) is 3.00. The van der Waals surface area contributed by atoms with Crippen LogP contribution in [0.4, 0.5) is 0 Å². The summed E-state index contributed by atoms with van der Waals surface area (Å²) in [5.74, 6) is -2.51. The van der Waals surface area contributed by atoms with Crippen molar-refractivity contribution in [1.82, 2.24) is 15.5 Å². The zero-order chi connectivity index (χ0) is 18.4. The number of nitrogens with zero attached hydrogens (tertiary/aromatic N) is 1. The van der Waals surface area contributed by atoms with Crippen molar-refractivity contribution in [3.63, 3.8) is 0 Å². The van der Waals surface area contributed by atoms with Gasteiger partial charge < -0.3 is 26.4 Å². The maximum absolute atomic E-state index is 12.4. The number of nitrogens with one attached hydrogen (secondary N) is 2. The van der Waals surface area contributed by atoms with Crippen molar-refractivity contribution in [3.05, 3.63) is 0 Å². The summed E-state index contributed by atoms with van der Waals surface area (Å²) >= 11 is 0. The topological polar surface area (TPSA) is 142 Å². The van der Waals surface area contributed by atoms with Crippen LogP contribution < -0.4 is 16.4 Å². The summed E-state index contributed by atoms with van der Waals surface area (Å²) in [6.45, 7) is 5.06. The maximum Gasteiger partial charge on any atom is 0.322 e. The van der Waals surface area contributed by atoms with E-state index < -0.39 is 42.5 Å². The molecule has 1 aliphatic heterocycles. The van der Waals surface area contributed by atoms with E-state index in [9.17, 15) is 19.2 Å². The molecule has 0 aromatic carbocycles. The van der Waals surface area contributed by atoms with Crippen LogP contribution in [-0.4, -0.2) is 64.9 Å². The molecule has 0 aromatic heterocycles. The summed E-state index contributed by atoms with van der Waals surface area (Å²) in [7, 11) is 0. The lowest BCUT2D eigenvalue weighted by Gasteiger charge is -2.28. The second-order valence-electron chi connectivity index (χ2n) is 6.30. The fraction of sp³-hybridized carbons (Fsp3) is 0.733. The molecule has 3 unspecified atom stereocenters. The fourth-order valence-electron chi connectivity index (χ4n) is 2.47. The monoisotopic (exact) mass is 342 g/mol. The molecule has 24 heavy (non-hydrogen) atoms. The van der Waals surface area contributed by atoms with Gasteiger partial charge in [-0.2, -0.15) is 0 Å². The number of carbonyl (C=O) groups excluding carboxylic acids is 3. The van der Waals surface area contributed by atoms with Gasteiger partial charge in [-0.25, -0.2) is 0 Å². The van der Waals surface area contributed by atoms with Crippen LogP contribution in [0.5, 0.6) is 0 Å². The highest BCUT2D eigenvalue weighted by Crippen LogP contribution is 2.19. The molecule has 0 radical (unpaired) electrons. The van der Waals surface area contributed by atoms with Crippen molar-refractivity contribution >= 4 is 23.7 Å². The van der Waals surface area contributed by atoms with E-state index in [1.807, 2.05) is 13.8 Å². The van der Waals surface area contributed by atoms with E-state index in [0.29, 0.717) is 19.4 Å². The average molecular weight is 342 g/mol. The van der Waals surface area contributed by atoms with Gasteiger partial charge in [0.15, 0.2) is 0 Å². The number of nitrogens with two attached hydrogens (primary N) is 1. The third kappa shape index (κ3) is 5.19. The molecule has 0 bridgehead atoms. The first-order chi connectivity index (χ1) is 11.1. The summed E-state index contributed by atoms with van der Waals surface area (Å²) in [5, 5.41) is 13.2. The first-order valence-electron chi connectivity index (χ1n) is 8.01. The largest absolute Gasteiger partial charge is 0.480 e. The Morgan fingerprint density at radius 3 is 2.42 bits per heavy atom. The quantitative estimate of drug-likeness (QED) is 0.451. The zero-order valence-corrected chi connectivity index (χ0v) is 14.2. The van der Waals surface area contributed by atoms with Gasteiger partial charge in [0, 0.05) is 6.54 Å². The molecule has 3 amide bonds. The van der Waals surface area contributed by atoms with Gasteiger partial charge in [-0.1, -0.05) is 13.8 Å². The highest BCUT2D eigenvalue weighted by Gasteiger charge is 2.37. The SMILES string of the molecule is CC(NC(=O)C1CCCN1C(=O)C(N)C(C)C)C(=O)NCC(=O)O. The van der Waals surface area contributed by atoms with Gasteiger partial charge in [-0.05, 0) is 25.7 Å². The minimum Gasteiger partial charge on any atom is -0.480 e. The van der Waals surface area contributed by atoms with E-state index in [1.165, 1.54) is 11.8 Å². The molecule has 5 N–H and O–H groups in total. The molecule has 1 fully saturated rings. The molecule has 9 heteroatoms. The standard InChI is InChI=1S/C15H26N4O5/c1-8(2)12(16)15(24)19-6-4-5-10(19)14(23)18-9(3)13(22)17-7-11(20)21/h8-10,12H,4-7,16H2,1-3H3,(H,17,22)(H,18,23)(H,20,21). The first-order valence-corrected chi connectivity index (χ1v) is 8.01. The van der Waals surface area contributed by atoms with E-state index >= 15 is 0 Å². The molecule has 1 rings (SSSR count). The second kappa shape index (κ2) is 8.62.